The first kappa shape index (κ1) is 23.3. The number of quaternary nitrogens is 2. The largest absolute Gasteiger partial charge is 0.544 e. The average molecular weight is 489 g/mol. The number of thioether (sulfide) groups is 2. The SMILES string of the molecule is CSCC[C@@H](C(=O)[O-])[NH+]1CN2C(=O)N3C[NH+]([C@@H](CCSC)C(=O)[O-])CN4C(=O)N(C1)C2C34. The van der Waals surface area contributed by atoms with Crippen LogP contribution in [0.3, 0.4) is 0 Å². The van der Waals surface area contributed by atoms with Crippen molar-refractivity contribution >= 4 is 47.5 Å². The Bertz CT molecular complexity index is 708. The number of aliphatic carboxylic acids is 2. The van der Waals surface area contributed by atoms with Crippen LogP contribution in [0.4, 0.5) is 9.59 Å². The first-order valence-electron chi connectivity index (χ1n) is 10.5. The van der Waals surface area contributed by atoms with Crippen LogP contribution in [0.15, 0.2) is 0 Å². The molecule has 12 nitrogen and oxygen atoms in total. The zero-order chi connectivity index (χ0) is 23.2. The number of urea groups is 2. The molecule has 4 rings (SSSR count). The minimum Gasteiger partial charge on any atom is -0.544 e. The van der Waals surface area contributed by atoms with Crippen LogP contribution in [0.25, 0.3) is 0 Å². The summed E-state index contributed by atoms with van der Waals surface area (Å²) in [4.78, 5) is 57.5. The summed E-state index contributed by atoms with van der Waals surface area (Å²) in [6.07, 6.45) is 3.56. The van der Waals surface area contributed by atoms with Crippen molar-refractivity contribution in [3.63, 3.8) is 0 Å². The lowest BCUT2D eigenvalue weighted by Gasteiger charge is -2.43. The number of amides is 4. The third-order valence-electron chi connectivity index (χ3n) is 6.80. The lowest BCUT2D eigenvalue weighted by molar-refractivity contribution is -0.944. The molecule has 0 saturated carbocycles. The van der Waals surface area contributed by atoms with Crippen LogP contribution in [0.2, 0.25) is 0 Å². The summed E-state index contributed by atoms with van der Waals surface area (Å²) < 4.78 is 0. The van der Waals surface area contributed by atoms with Gasteiger partial charge in [-0.3, -0.25) is 29.4 Å². The molecule has 14 heteroatoms. The van der Waals surface area contributed by atoms with E-state index in [1.54, 1.807) is 19.6 Å². The van der Waals surface area contributed by atoms with Gasteiger partial charge in [0, 0.05) is 12.8 Å². The maximum absolute atomic E-state index is 13.3. The van der Waals surface area contributed by atoms with E-state index in [-0.39, 0.29) is 38.7 Å². The number of carboxylic acids is 2. The molecular weight excluding hydrogens is 460 g/mol. The smallest absolute Gasteiger partial charge is 0.332 e. The predicted molar refractivity (Wildman–Crippen MR) is 111 cm³/mol. The van der Waals surface area contributed by atoms with Gasteiger partial charge < -0.3 is 19.8 Å². The average Bonchev–Trinajstić information content (AvgIpc) is 3.20. The zero-order valence-electron chi connectivity index (χ0n) is 18.0. The lowest BCUT2D eigenvalue weighted by Crippen LogP contribution is -3.22. The number of carbonyl (C=O) groups is 4. The highest BCUT2D eigenvalue weighted by molar-refractivity contribution is 7.98. The molecule has 4 heterocycles. The summed E-state index contributed by atoms with van der Waals surface area (Å²) in [5.74, 6) is -1.12. The van der Waals surface area contributed by atoms with Gasteiger partial charge in [0.2, 0.25) is 0 Å². The maximum Gasteiger partial charge on any atom is 0.332 e. The Labute approximate surface area is 194 Å². The molecule has 4 aliphatic rings. The Balaban J connectivity index is 1.58. The molecule has 4 saturated heterocycles. The van der Waals surface area contributed by atoms with Crippen molar-refractivity contribution in [3.05, 3.63) is 0 Å². The molecule has 4 fully saturated rings. The Morgan fingerprint density at radius 3 is 1.38 bits per heavy atom. The number of nitrogens with zero attached hydrogens (tertiary/aromatic N) is 4. The number of hydrogen-bond acceptors (Lipinski definition) is 8. The number of carboxylic acid groups (broad SMARTS) is 2. The predicted octanol–water partition coefficient (Wildman–Crippen LogP) is -5.52. The molecule has 0 aromatic rings. The van der Waals surface area contributed by atoms with Crippen molar-refractivity contribution in [2.45, 2.75) is 37.3 Å². The topological polar surface area (TPSA) is 136 Å². The normalized spacial score (nSPS) is 30.6. The summed E-state index contributed by atoms with van der Waals surface area (Å²) in [7, 11) is 0. The highest BCUT2D eigenvalue weighted by Crippen LogP contribution is 2.35. The highest BCUT2D eigenvalue weighted by atomic mass is 32.2. The third kappa shape index (κ3) is 3.76. The van der Waals surface area contributed by atoms with Gasteiger partial charge in [0.1, 0.15) is 12.1 Å². The van der Waals surface area contributed by atoms with Crippen molar-refractivity contribution in [2.75, 3.05) is 50.7 Å². The van der Waals surface area contributed by atoms with E-state index in [9.17, 15) is 29.4 Å². The molecule has 2 atom stereocenters. The van der Waals surface area contributed by atoms with Gasteiger partial charge in [-0.2, -0.15) is 23.5 Å². The van der Waals surface area contributed by atoms with Crippen molar-refractivity contribution in [3.8, 4) is 0 Å². The van der Waals surface area contributed by atoms with Gasteiger partial charge in [-0.25, -0.2) is 9.59 Å². The molecule has 0 aromatic carbocycles. The second-order valence-corrected chi connectivity index (χ2v) is 10.5. The van der Waals surface area contributed by atoms with E-state index in [1.807, 2.05) is 12.5 Å². The van der Waals surface area contributed by atoms with Gasteiger partial charge in [0.25, 0.3) is 0 Å². The minimum absolute atomic E-state index is 0.160. The molecule has 0 radical (unpaired) electrons. The standard InChI is InChI=1S/C18H28N6O6S2/c1-31-5-3-11(15(25)26)19-7-21-13-14-23(17(21)29)9-20(12(16(27)28)4-6-32-2)10-24(14)18(30)22(13)8-19/h11-14H,3-10H2,1-2H3,(H,25,26)(H,27,28)/t11-,12-,13?,14?/m0/s1. The van der Waals surface area contributed by atoms with Crippen molar-refractivity contribution in [1.82, 2.24) is 19.6 Å². The number of hydrogen-bond donors (Lipinski definition) is 2. The van der Waals surface area contributed by atoms with Crippen LogP contribution < -0.4 is 20.0 Å². The van der Waals surface area contributed by atoms with E-state index < -0.39 is 36.4 Å². The minimum atomic E-state index is -1.19. The van der Waals surface area contributed by atoms with Gasteiger partial charge in [0.05, 0.1) is 11.9 Å². The molecule has 4 aliphatic heterocycles. The Morgan fingerprint density at radius 2 is 1.12 bits per heavy atom. The fraction of sp³-hybridized carbons (Fsp3) is 0.778. The van der Waals surface area contributed by atoms with E-state index in [4.69, 9.17) is 0 Å². The molecule has 0 spiro atoms. The van der Waals surface area contributed by atoms with E-state index in [2.05, 4.69) is 0 Å². The van der Waals surface area contributed by atoms with Crippen molar-refractivity contribution in [1.29, 1.82) is 0 Å². The summed E-state index contributed by atoms with van der Waals surface area (Å²) in [6.45, 7) is 0.638. The molecule has 0 aromatic heterocycles. The fourth-order valence-corrected chi connectivity index (χ4v) is 6.21. The second-order valence-electron chi connectivity index (χ2n) is 8.53. The highest BCUT2D eigenvalue weighted by Gasteiger charge is 2.66. The molecule has 4 amide bonds. The molecule has 0 unspecified atom stereocenters. The number of rotatable bonds is 10. The summed E-state index contributed by atoms with van der Waals surface area (Å²) in [5.41, 5.74) is 0. The second kappa shape index (κ2) is 9.15. The van der Waals surface area contributed by atoms with Crippen molar-refractivity contribution < 1.29 is 39.2 Å². The fourth-order valence-electron chi connectivity index (χ4n) is 5.27. The summed E-state index contributed by atoms with van der Waals surface area (Å²) in [6, 6.07) is -2.27. The van der Waals surface area contributed by atoms with Gasteiger partial charge in [-0.1, -0.05) is 0 Å². The molecule has 0 bridgehead atoms. The Hall–Kier alpha value is -1.90. The monoisotopic (exact) mass is 488 g/mol. The first-order valence-corrected chi connectivity index (χ1v) is 13.3. The van der Waals surface area contributed by atoms with Crippen LogP contribution in [0, 0.1) is 0 Å². The van der Waals surface area contributed by atoms with E-state index in [0.29, 0.717) is 34.1 Å². The van der Waals surface area contributed by atoms with Crippen molar-refractivity contribution in [2.24, 2.45) is 0 Å². The van der Waals surface area contributed by atoms with Gasteiger partial charge in [-0.15, -0.1) is 0 Å². The van der Waals surface area contributed by atoms with E-state index in [0.717, 1.165) is 0 Å². The summed E-state index contributed by atoms with van der Waals surface area (Å²) in [5, 5.41) is 23.6. The summed E-state index contributed by atoms with van der Waals surface area (Å²) >= 11 is 3.06. The lowest BCUT2D eigenvalue weighted by atomic mass is 10.2. The zero-order valence-corrected chi connectivity index (χ0v) is 19.7. The van der Waals surface area contributed by atoms with Crippen LogP contribution >= 0.6 is 23.5 Å². The number of carbonyl (C=O) groups excluding carboxylic acids is 4. The molecule has 0 aliphatic carbocycles. The molecule has 178 valence electrons. The first-order chi connectivity index (χ1) is 15.3. The van der Waals surface area contributed by atoms with Gasteiger partial charge in [0.15, 0.2) is 39.0 Å². The van der Waals surface area contributed by atoms with Crippen LogP contribution in [-0.2, 0) is 9.59 Å². The van der Waals surface area contributed by atoms with Gasteiger partial charge in [-0.05, 0) is 24.0 Å². The molecular formula is C18H28N6O6S2. The van der Waals surface area contributed by atoms with Gasteiger partial charge >= 0.3 is 12.1 Å². The Morgan fingerprint density at radius 1 is 0.812 bits per heavy atom. The van der Waals surface area contributed by atoms with Crippen LogP contribution in [0.5, 0.6) is 0 Å². The van der Waals surface area contributed by atoms with E-state index >= 15 is 0 Å². The van der Waals surface area contributed by atoms with E-state index in [1.165, 1.54) is 23.5 Å². The quantitative estimate of drug-likeness (QED) is 0.311. The number of nitrogens with one attached hydrogen (secondary N) is 2. The van der Waals surface area contributed by atoms with Crippen LogP contribution in [0.1, 0.15) is 12.8 Å². The third-order valence-corrected chi connectivity index (χ3v) is 8.08. The van der Waals surface area contributed by atoms with Crippen LogP contribution in [-0.4, -0.2) is 119 Å². The molecule has 32 heavy (non-hydrogen) atoms. The molecule has 2 N–H and O–H groups in total. The Kier molecular flexibility index (Phi) is 6.66. The maximum atomic E-state index is 13.3.